The molecule has 0 aliphatic heterocycles. The second kappa shape index (κ2) is 10.3. The molecule has 0 aliphatic rings. The van der Waals surface area contributed by atoms with Crippen LogP contribution >= 0.6 is 15.9 Å². The number of nitrogens with zero attached hydrogens (tertiary/aromatic N) is 3. The van der Waals surface area contributed by atoms with Crippen LogP contribution in [0, 0.1) is 5.92 Å². The lowest BCUT2D eigenvalue weighted by Crippen LogP contribution is -2.07. The number of aryl methyl sites for hydroxylation is 1. The molecule has 1 aromatic heterocycles. The highest BCUT2D eigenvalue weighted by Gasteiger charge is 2.18. The predicted octanol–water partition coefficient (Wildman–Crippen LogP) is 7.01. The van der Waals surface area contributed by atoms with Crippen LogP contribution in [0.15, 0.2) is 69.3 Å². The van der Waals surface area contributed by atoms with Crippen molar-refractivity contribution in [3.63, 3.8) is 0 Å². The van der Waals surface area contributed by atoms with E-state index in [1.165, 1.54) is 0 Å². The topological polar surface area (TPSA) is 85.4 Å². The zero-order chi connectivity index (χ0) is 24.2. The molecule has 4 rings (SSSR count). The summed E-state index contributed by atoms with van der Waals surface area (Å²) in [7, 11) is 1.57. The molecule has 176 valence electrons. The van der Waals surface area contributed by atoms with Crippen LogP contribution in [0.4, 0.5) is 5.69 Å². The Morgan fingerprint density at radius 3 is 2.56 bits per heavy atom. The van der Waals surface area contributed by atoms with E-state index in [9.17, 15) is 9.90 Å². The molecule has 0 saturated heterocycles. The average Bonchev–Trinajstić information content (AvgIpc) is 3.09. The third kappa shape index (κ3) is 5.22. The van der Waals surface area contributed by atoms with Crippen LogP contribution in [0.1, 0.15) is 20.3 Å². The quantitative estimate of drug-likeness (QED) is 0.251. The number of benzene rings is 3. The van der Waals surface area contributed by atoms with Gasteiger partial charge in [0, 0.05) is 16.4 Å². The zero-order valence-corrected chi connectivity index (χ0v) is 20.9. The molecule has 0 fully saturated rings. The van der Waals surface area contributed by atoms with E-state index >= 15 is 0 Å². The summed E-state index contributed by atoms with van der Waals surface area (Å²) in [5.41, 5.74) is 1.04. The number of fused-ring (bicyclic) bond motifs is 2. The van der Waals surface area contributed by atoms with Gasteiger partial charge in [-0.3, -0.25) is 4.79 Å². The van der Waals surface area contributed by atoms with Gasteiger partial charge >= 0.3 is 5.91 Å². The van der Waals surface area contributed by atoms with E-state index in [0.29, 0.717) is 29.3 Å². The average molecular weight is 524 g/mol. The molecule has 0 unspecified atom stereocenters. The summed E-state index contributed by atoms with van der Waals surface area (Å²) in [6.45, 7) is 4.61. The SMILES string of the molecule is COc1ccc2c(c1)c(N=NC(=O)COc1ccc3cc(Br)ccc3c1)c(O)n2CCC(C)C. The van der Waals surface area contributed by atoms with E-state index in [-0.39, 0.29) is 18.2 Å². The fourth-order valence-electron chi connectivity index (χ4n) is 3.71. The normalized spacial score (nSPS) is 11.7. The summed E-state index contributed by atoms with van der Waals surface area (Å²) < 4.78 is 13.7. The van der Waals surface area contributed by atoms with Gasteiger partial charge in [-0.25, -0.2) is 0 Å². The van der Waals surface area contributed by atoms with Crippen molar-refractivity contribution in [3.8, 4) is 17.4 Å². The molecule has 0 radical (unpaired) electrons. The van der Waals surface area contributed by atoms with Crippen molar-refractivity contribution in [2.75, 3.05) is 13.7 Å². The Labute approximate surface area is 206 Å². The number of methoxy groups -OCH3 is 1. The maximum Gasteiger partial charge on any atom is 0.302 e. The fraction of sp³-hybridized carbons (Fsp3) is 0.269. The first kappa shape index (κ1) is 23.8. The molecule has 3 aromatic carbocycles. The molecule has 34 heavy (non-hydrogen) atoms. The summed E-state index contributed by atoms with van der Waals surface area (Å²) in [5.74, 6) is 1.08. The van der Waals surface area contributed by atoms with Crippen LogP contribution in [0.2, 0.25) is 0 Å². The smallest absolute Gasteiger partial charge is 0.302 e. The molecule has 4 aromatic rings. The highest BCUT2D eigenvalue weighted by atomic mass is 79.9. The van der Waals surface area contributed by atoms with Crippen molar-refractivity contribution in [3.05, 3.63) is 59.1 Å². The van der Waals surface area contributed by atoms with Gasteiger partial charge < -0.3 is 19.1 Å². The molecular weight excluding hydrogens is 498 g/mol. The van der Waals surface area contributed by atoms with Crippen molar-refractivity contribution in [1.82, 2.24) is 4.57 Å². The Balaban J connectivity index is 1.53. The van der Waals surface area contributed by atoms with Crippen molar-refractivity contribution >= 4 is 49.2 Å². The number of halogens is 1. The molecule has 1 N–H and O–H groups in total. The van der Waals surface area contributed by atoms with E-state index in [2.05, 4.69) is 40.0 Å². The van der Waals surface area contributed by atoms with E-state index in [1.54, 1.807) is 23.8 Å². The van der Waals surface area contributed by atoms with Crippen LogP contribution in [-0.4, -0.2) is 29.3 Å². The van der Waals surface area contributed by atoms with Gasteiger partial charge in [-0.1, -0.05) is 41.9 Å². The Morgan fingerprint density at radius 1 is 1.06 bits per heavy atom. The number of azo groups is 1. The van der Waals surface area contributed by atoms with Crippen LogP contribution in [0.25, 0.3) is 21.7 Å². The molecule has 8 heteroatoms. The molecule has 1 amide bonds. The van der Waals surface area contributed by atoms with E-state index in [0.717, 1.165) is 27.2 Å². The van der Waals surface area contributed by atoms with E-state index in [4.69, 9.17) is 9.47 Å². The van der Waals surface area contributed by atoms with Gasteiger partial charge in [0.2, 0.25) is 5.88 Å². The monoisotopic (exact) mass is 523 g/mol. The van der Waals surface area contributed by atoms with Gasteiger partial charge in [-0.15, -0.1) is 10.2 Å². The predicted molar refractivity (Wildman–Crippen MR) is 136 cm³/mol. The minimum Gasteiger partial charge on any atom is -0.497 e. The second-order valence-corrected chi connectivity index (χ2v) is 9.34. The molecule has 0 bridgehead atoms. The van der Waals surface area contributed by atoms with Crippen LogP contribution < -0.4 is 9.47 Å². The number of carbonyl (C=O) groups is 1. The van der Waals surface area contributed by atoms with Crippen molar-refractivity contribution in [1.29, 1.82) is 0 Å². The van der Waals surface area contributed by atoms with E-state index in [1.807, 2.05) is 42.5 Å². The fourth-order valence-corrected chi connectivity index (χ4v) is 4.08. The van der Waals surface area contributed by atoms with Crippen molar-refractivity contribution in [2.45, 2.75) is 26.8 Å². The third-order valence-electron chi connectivity index (χ3n) is 5.54. The maximum atomic E-state index is 12.4. The number of hydrogen-bond donors (Lipinski definition) is 1. The Hall–Kier alpha value is -3.39. The third-order valence-corrected chi connectivity index (χ3v) is 6.04. The molecule has 0 saturated carbocycles. The van der Waals surface area contributed by atoms with Crippen LogP contribution in [0.3, 0.4) is 0 Å². The van der Waals surface area contributed by atoms with Gasteiger partial charge in [-0.2, -0.15) is 0 Å². The number of amides is 1. The second-order valence-electron chi connectivity index (χ2n) is 8.43. The lowest BCUT2D eigenvalue weighted by molar-refractivity contribution is -0.120. The Morgan fingerprint density at radius 2 is 1.79 bits per heavy atom. The number of ether oxygens (including phenoxy) is 2. The van der Waals surface area contributed by atoms with Gasteiger partial charge in [0.1, 0.15) is 11.5 Å². The van der Waals surface area contributed by atoms with E-state index < -0.39 is 5.91 Å². The van der Waals surface area contributed by atoms with Crippen molar-refractivity contribution in [2.24, 2.45) is 16.1 Å². The Kier molecular flexibility index (Phi) is 7.17. The molecule has 0 spiro atoms. The van der Waals surface area contributed by atoms with Gasteiger partial charge in [0.05, 0.1) is 12.6 Å². The summed E-state index contributed by atoms with van der Waals surface area (Å²) >= 11 is 3.46. The first-order valence-corrected chi connectivity index (χ1v) is 11.8. The van der Waals surface area contributed by atoms with Gasteiger partial charge in [0.15, 0.2) is 12.3 Å². The van der Waals surface area contributed by atoms with Gasteiger partial charge in [-0.05, 0) is 65.6 Å². The molecule has 7 nitrogen and oxygen atoms in total. The minimum absolute atomic E-state index is 0.0259. The molecule has 0 aliphatic carbocycles. The molecular formula is C26H26BrN3O4. The lowest BCUT2D eigenvalue weighted by atomic mass is 10.1. The number of aromatic nitrogens is 1. The first-order valence-electron chi connectivity index (χ1n) is 11.0. The number of aromatic hydroxyl groups is 1. The van der Waals surface area contributed by atoms with Crippen LogP contribution in [0.5, 0.6) is 17.4 Å². The number of hydrogen-bond acceptors (Lipinski definition) is 5. The van der Waals surface area contributed by atoms with Crippen LogP contribution in [-0.2, 0) is 11.3 Å². The summed E-state index contributed by atoms with van der Waals surface area (Å²) in [4.78, 5) is 12.4. The number of carbonyl (C=O) groups excluding carboxylic acids is 1. The highest BCUT2D eigenvalue weighted by Crippen LogP contribution is 2.40. The lowest BCUT2D eigenvalue weighted by Gasteiger charge is -2.09. The standard InChI is InChI=1S/C26H26BrN3O4/c1-16(2)10-11-30-23-9-8-20(33-3)14-22(23)25(26(30)32)29-28-24(31)15-34-21-7-5-17-12-19(27)6-4-18(17)13-21/h4-9,12-14,16,32H,10-11,15H2,1-3H3. The largest absolute Gasteiger partial charge is 0.497 e. The molecule has 0 atom stereocenters. The maximum absolute atomic E-state index is 12.4. The number of rotatable bonds is 8. The van der Waals surface area contributed by atoms with Crippen molar-refractivity contribution < 1.29 is 19.4 Å². The highest BCUT2D eigenvalue weighted by molar-refractivity contribution is 9.10. The Bertz CT molecular complexity index is 1380. The summed E-state index contributed by atoms with van der Waals surface area (Å²) in [5, 5.41) is 21.5. The first-order chi connectivity index (χ1) is 16.4. The summed E-state index contributed by atoms with van der Waals surface area (Å²) in [6.07, 6.45) is 0.884. The summed E-state index contributed by atoms with van der Waals surface area (Å²) in [6, 6.07) is 17.0. The zero-order valence-electron chi connectivity index (χ0n) is 19.3. The van der Waals surface area contributed by atoms with Gasteiger partial charge in [0.25, 0.3) is 0 Å². The minimum atomic E-state index is -0.554. The molecule has 1 heterocycles.